The normalized spacial score (nSPS) is 13.9. The van der Waals surface area contributed by atoms with E-state index < -0.39 is 11.6 Å². The Labute approximate surface area is 115 Å². The van der Waals surface area contributed by atoms with Crippen molar-refractivity contribution >= 4 is 0 Å². The van der Waals surface area contributed by atoms with Crippen molar-refractivity contribution in [3.63, 3.8) is 0 Å². The highest BCUT2D eigenvalue weighted by atomic mass is 19.2. The summed E-state index contributed by atoms with van der Waals surface area (Å²) in [7, 11) is 0. The predicted molar refractivity (Wildman–Crippen MR) is 76.1 cm³/mol. The maximum Gasteiger partial charge on any atom is 0.162 e. The molecular formula is C16H25F2N. The van der Waals surface area contributed by atoms with E-state index in [1.165, 1.54) is 0 Å². The van der Waals surface area contributed by atoms with Gasteiger partial charge in [-0.1, -0.05) is 26.0 Å². The highest BCUT2D eigenvalue weighted by molar-refractivity contribution is 5.19. The highest BCUT2D eigenvalue weighted by Crippen LogP contribution is 2.21. The molecule has 0 saturated heterocycles. The Kier molecular flexibility index (Phi) is 5.48. The number of benzene rings is 1. The molecule has 1 rings (SSSR count). The average Bonchev–Trinajstić information content (AvgIpc) is 2.28. The second-order valence-electron chi connectivity index (χ2n) is 6.55. The summed E-state index contributed by atoms with van der Waals surface area (Å²) in [6.07, 6.45) is 0.560. The number of nitrogens with one attached hydrogen (secondary N) is 1. The molecule has 1 atom stereocenters. The Morgan fingerprint density at radius 1 is 1.16 bits per heavy atom. The Balaban J connectivity index is 2.76. The molecule has 108 valence electrons. The van der Waals surface area contributed by atoms with E-state index in [1.54, 1.807) is 12.1 Å². The first-order chi connectivity index (χ1) is 8.70. The van der Waals surface area contributed by atoms with Gasteiger partial charge in [-0.3, -0.25) is 0 Å². The van der Waals surface area contributed by atoms with Crippen molar-refractivity contribution in [1.29, 1.82) is 0 Å². The van der Waals surface area contributed by atoms with Crippen LogP contribution in [0.3, 0.4) is 0 Å². The summed E-state index contributed by atoms with van der Waals surface area (Å²) in [5.41, 5.74) is 0.502. The molecule has 0 aliphatic heterocycles. The number of halogens is 2. The van der Waals surface area contributed by atoms with Gasteiger partial charge in [-0.15, -0.1) is 0 Å². The average molecular weight is 269 g/mol. The van der Waals surface area contributed by atoms with Crippen molar-refractivity contribution in [2.75, 3.05) is 6.54 Å². The van der Waals surface area contributed by atoms with Crippen LogP contribution in [0.4, 0.5) is 8.78 Å². The van der Waals surface area contributed by atoms with E-state index in [9.17, 15) is 8.78 Å². The molecule has 0 radical (unpaired) electrons. The maximum atomic E-state index is 13.7. The summed E-state index contributed by atoms with van der Waals surface area (Å²) in [6.45, 7) is 11.4. The minimum Gasteiger partial charge on any atom is -0.312 e. The van der Waals surface area contributed by atoms with E-state index in [-0.39, 0.29) is 11.5 Å². The molecule has 0 fully saturated rings. The first kappa shape index (κ1) is 16.1. The topological polar surface area (TPSA) is 12.0 Å². The molecule has 0 spiro atoms. The molecule has 1 aromatic carbocycles. The predicted octanol–water partition coefficient (Wildman–Crippen LogP) is 4.17. The van der Waals surface area contributed by atoms with Gasteiger partial charge in [0.25, 0.3) is 0 Å². The molecule has 1 nitrogen and oxygen atoms in total. The van der Waals surface area contributed by atoms with Crippen molar-refractivity contribution in [2.24, 2.45) is 11.8 Å². The third-order valence-electron chi connectivity index (χ3n) is 3.35. The van der Waals surface area contributed by atoms with E-state index >= 15 is 0 Å². The van der Waals surface area contributed by atoms with Crippen LogP contribution in [0, 0.1) is 23.5 Å². The van der Waals surface area contributed by atoms with Crippen LogP contribution >= 0.6 is 0 Å². The van der Waals surface area contributed by atoms with Gasteiger partial charge < -0.3 is 5.32 Å². The van der Waals surface area contributed by atoms with Gasteiger partial charge >= 0.3 is 0 Å². The summed E-state index contributed by atoms with van der Waals surface area (Å²) in [6, 6.07) is 4.41. The molecule has 0 aliphatic carbocycles. The summed E-state index contributed by atoms with van der Waals surface area (Å²) in [5.74, 6) is -0.763. The standard InChI is InChI=1S/C16H25F2N/c1-11(2)13(10-19-16(3,4)5)9-12-7-6-8-14(17)15(12)18/h6-8,11,13,19H,9-10H2,1-5H3. The van der Waals surface area contributed by atoms with Crippen LogP contribution in [0.2, 0.25) is 0 Å². The van der Waals surface area contributed by atoms with Crippen LogP contribution in [0.25, 0.3) is 0 Å². The SMILES string of the molecule is CC(C)C(CNC(C)(C)C)Cc1cccc(F)c1F. The zero-order valence-corrected chi connectivity index (χ0v) is 12.6. The Morgan fingerprint density at radius 2 is 1.79 bits per heavy atom. The number of hydrogen-bond acceptors (Lipinski definition) is 1. The fraction of sp³-hybridized carbons (Fsp3) is 0.625. The molecular weight excluding hydrogens is 244 g/mol. The monoisotopic (exact) mass is 269 g/mol. The summed E-state index contributed by atoms with van der Waals surface area (Å²) in [4.78, 5) is 0. The lowest BCUT2D eigenvalue weighted by atomic mass is 9.88. The first-order valence-electron chi connectivity index (χ1n) is 6.88. The lowest BCUT2D eigenvalue weighted by Crippen LogP contribution is -2.40. The largest absolute Gasteiger partial charge is 0.312 e. The maximum absolute atomic E-state index is 13.7. The van der Waals surface area contributed by atoms with Crippen LogP contribution in [0.15, 0.2) is 18.2 Å². The molecule has 19 heavy (non-hydrogen) atoms. The van der Waals surface area contributed by atoms with Gasteiger partial charge in [-0.2, -0.15) is 0 Å². The fourth-order valence-corrected chi connectivity index (χ4v) is 1.97. The van der Waals surface area contributed by atoms with Crippen LogP contribution in [-0.4, -0.2) is 12.1 Å². The summed E-state index contributed by atoms with van der Waals surface area (Å²) >= 11 is 0. The number of hydrogen-bond donors (Lipinski definition) is 1. The lowest BCUT2D eigenvalue weighted by molar-refractivity contribution is 0.309. The Hall–Kier alpha value is -0.960. The molecule has 0 amide bonds. The second kappa shape index (κ2) is 6.47. The molecule has 0 aliphatic rings. The van der Waals surface area contributed by atoms with Gasteiger partial charge in [0.2, 0.25) is 0 Å². The van der Waals surface area contributed by atoms with Gasteiger partial charge in [0.15, 0.2) is 11.6 Å². The summed E-state index contributed by atoms with van der Waals surface area (Å²) < 4.78 is 26.9. The van der Waals surface area contributed by atoms with E-state index in [0.717, 1.165) is 12.6 Å². The zero-order chi connectivity index (χ0) is 14.6. The highest BCUT2D eigenvalue weighted by Gasteiger charge is 2.19. The summed E-state index contributed by atoms with van der Waals surface area (Å²) in [5, 5.41) is 3.44. The van der Waals surface area contributed by atoms with Crippen LogP contribution < -0.4 is 5.32 Å². The molecule has 0 saturated carbocycles. The molecule has 1 N–H and O–H groups in total. The van der Waals surface area contributed by atoms with Crippen LogP contribution in [0.1, 0.15) is 40.2 Å². The number of rotatable bonds is 5. The van der Waals surface area contributed by atoms with E-state index in [0.29, 0.717) is 17.9 Å². The molecule has 0 heterocycles. The molecule has 0 aromatic heterocycles. The van der Waals surface area contributed by atoms with Gasteiger partial charge in [-0.05, 0) is 57.2 Å². The zero-order valence-electron chi connectivity index (χ0n) is 12.6. The van der Waals surface area contributed by atoms with Gasteiger partial charge in [-0.25, -0.2) is 8.78 Å². The quantitative estimate of drug-likeness (QED) is 0.846. The molecule has 0 bridgehead atoms. The van der Waals surface area contributed by atoms with Crippen molar-refractivity contribution in [3.8, 4) is 0 Å². The fourth-order valence-electron chi connectivity index (χ4n) is 1.97. The van der Waals surface area contributed by atoms with E-state index in [4.69, 9.17) is 0 Å². The second-order valence-corrected chi connectivity index (χ2v) is 6.55. The third kappa shape index (κ3) is 5.27. The van der Waals surface area contributed by atoms with Crippen molar-refractivity contribution in [1.82, 2.24) is 5.32 Å². The van der Waals surface area contributed by atoms with Crippen molar-refractivity contribution in [2.45, 2.75) is 46.6 Å². The first-order valence-corrected chi connectivity index (χ1v) is 6.88. The van der Waals surface area contributed by atoms with Gasteiger partial charge in [0.1, 0.15) is 0 Å². The Bertz CT molecular complexity index is 408. The van der Waals surface area contributed by atoms with Crippen LogP contribution in [0.5, 0.6) is 0 Å². The minimum absolute atomic E-state index is 0.0353. The molecule has 1 aromatic rings. The smallest absolute Gasteiger partial charge is 0.162 e. The third-order valence-corrected chi connectivity index (χ3v) is 3.35. The van der Waals surface area contributed by atoms with E-state index in [1.807, 2.05) is 0 Å². The van der Waals surface area contributed by atoms with Gasteiger partial charge in [0, 0.05) is 5.54 Å². The van der Waals surface area contributed by atoms with Gasteiger partial charge in [0.05, 0.1) is 0 Å². The Morgan fingerprint density at radius 3 is 2.32 bits per heavy atom. The van der Waals surface area contributed by atoms with E-state index in [2.05, 4.69) is 39.9 Å². The van der Waals surface area contributed by atoms with Crippen molar-refractivity contribution < 1.29 is 8.78 Å². The van der Waals surface area contributed by atoms with Crippen LogP contribution in [-0.2, 0) is 6.42 Å². The van der Waals surface area contributed by atoms with Crippen molar-refractivity contribution in [3.05, 3.63) is 35.4 Å². The minimum atomic E-state index is -0.760. The molecule has 3 heteroatoms. The lowest BCUT2D eigenvalue weighted by Gasteiger charge is -2.27. The molecule has 1 unspecified atom stereocenters.